The van der Waals surface area contributed by atoms with Crippen LogP contribution >= 0.6 is 11.6 Å². The predicted molar refractivity (Wildman–Crippen MR) is 74.5 cm³/mol. The molecule has 0 heterocycles. The van der Waals surface area contributed by atoms with Gasteiger partial charge in [-0.1, -0.05) is 24.4 Å². The van der Waals surface area contributed by atoms with Crippen molar-refractivity contribution in [3.05, 3.63) is 34.6 Å². The molecule has 20 heavy (non-hydrogen) atoms. The van der Waals surface area contributed by atoms with Crippen LogP contribution in [0.2, 0.25) is 5.02 Å². The molecule has 0 bridgehead atoms. The van der Waals surface area contributed by atoms with Crippen LogP contribution in [0.4, 0.5) is 4.39 Å². The van der Waals surface area contributed by atoms with Gasteiger partial charge in [0.25, 0.3) is 5.91 Å². The zero-order chi connectivity index (χ0) is 15.0. The Morgan fingerprint density at radius 3 is 2.55 bits per heavy atom. The van der Waals surface area contributed by atoms with Crippen molar-refractivity contribution in [2.75, 3.05) is 6.54 Å². The fraction of sp³-hybridized carbons (Fsp3) is 0.429. The van der Waals surface area contributed by atoms with Gasteiger partial charge in [-0.05, 0) is 31.0 Å². The summed E-state index contributed by atoms with van der Waals surface area (Å²) in [4.78, 5) is 22.0. The van der Waals surface area contributed by atoms with Gasteiger partial charge in [0.1, 0.15) is 5.82 Å². The highest BCUT2D eigenvalue weighted by atomic mass is 35.5. The van der Waals surface area contributed by atoms with Crippen molar-refractivity contribution in [3.63, 3.8) is 0 Å². The normalized spacial score (nSPS) is 10.3. The van der Waals surface area contributed by atoms with Gasteiger partial charge in [0.2, 0.25) is 0 Å². The molecule has 1 amide bonds. The molecule has 0 fully saturated rings. The van der Waals surface area contributed by atoms with E-state index in [4.69, 9.17) is 16.7 Å². The number of carboxylic acids is 1. The zero-order valence-electron chi connectivity index (χ0n) is 11.0. The molecule has 0 atom stereocenters. The summed E-state index contributed by atoms with van der Waals surface area (Å²) in [5.74, 6) is -1.90. The lowest BCUT2D eigenvalue weighted by molar-refractivity contribution is -0.137. The Labute approximate surface area is 121 Å². The van der Waals surface area contributed by atoms with Crippen molar-refractivity contribution >= 4 is 23.5 Å². The molecular formula is C14H17ClFNO3. The highest BCUT2D eigenvalue weighted by molar-refractivity contribution is 6.30. The molecule has 1 aromatic rings. The second kappa shape index (κ2) is 8.53. The average molecular weight is 302 g/mol. The van der Waals surface area contributed by atoms with Crippen LogP contribution in [0, 0.1) is 5.82 Å². The number of carbonyl (C=O) groups is 2. The molecule has 0 aliphatic rings. The average Bonchev–Trinajstić information content (AvgIpc) is 2.37. The Bertz CT molecular complexity index is 479. The highest BCUT2D eigenvalue weighted by Crippen LogP contribution is 2.14. The van der Waals surface area contributed by atoms with Crippen LogP contribution in [-0.2, 0) is 4.79 Å². The lowest BCUT2D eigenvalue weighted by Gasteiger charge is -2.06. The summed E-state index contributed by atoms with van der Waals surface area (Å²) in [6, 6.07) is 3.91. The molecule has 0 spiro atoms. The van der Waals surface area contributed by atoms with E-state index in [0.29, 0.717) is 13.0 Å². The van der Waals surface area contributed by atoms with Crippen LogP contribution in [0.25, 0.3) is 0 Å². The lowest BCUT2D eigenvalue weighted by Crippen LogP contribution is -2.25. The van der Waals surface area contributed by atoms with E-state index in [0.717, 1.165) is 25.3 Å². The molecule has 0 unspecified atom stereocenters. The van der Waals surface area contributed by atoms with Gasteiger partial charge < -0.3 is 10.4 Å². The Hall–Kier alpha value is -1.62. The Kier molecular flexibility index (Phi) is 7.01. The van der Waals surface area contributed by atoms with E-state index in [-0.39, 0.29) is 17.0 Å². The number of nitrogens with one attached hydrogen (secondary N) is 1. The molecule has 1 aromatic carbocycles. The fourth-order valence-electron chi connectivity index (χ4n) is 1.73. The minimum Gasteiger partial charge on any atom is -0.481 e. The summed E-state index contributed by atoms with van der Waals surface area (Å²) in [5.41, 5.74) is -0.0275. The number of halogens is 2. The van der Waals surface area contributed by atoms with E-state index in [1.165, 1.54) is 12.1 Å². The van der Waals surface area contributed by atoms with Gasteiger partial charge in [0.05, 0.1) is 5.56 Å². The summed E-state index contributed by atoms with van der Waals surface area (Å²) in [7, 11) is 0. The van der Waals surface area contributed by atoms with Gasteiger partial charge in [-0.25, -0.2) is 4.39 Å². The maximum absolute atomic E-state index is 13.5. The molecule has 4 nitrogen and oxygen atoms in total. The van der Waals surface area contributed by atoms with Crippen molar-refractivity contribution in [1.29, 1.82) is 0 Å². The van der Waals surface area contributed by atoms with Gasteiger partial charge >= 0.3 is 5.97 Å². The molecule has 110 valence electrons. The van der Waals surface area contributed by atoms with Gasteiger partial charge in [-0.15, -0.1) is 0 Å². The van der Waals surface area contributed by atoms with Crippen LogP contribution in [0.15, 0.2) is 18.2 Å². The smallest absolute Gasteiger partial charge is 0.303 e. The zero-order valence-corrected chi connectivity index (χ0v) is 11.8. The largest absolute Gasteiger partial charge is 0.481 e. The van der Waals surface area contributed by atoms with Crippen LogP contribution in [0.1, 0.15) is 42.5 Å². The second-order valence-corrected chi connectivity index (χ2v) is 4.87. The van der Waals surface area contributed by atoms with E-state index in [1.807, 2.05) is 0 Å². The molecule has 0 saturated heterocycles. The fourth-order valence-corrected chi connectivity index (χ4v) is 1.88. The molecule has 0 aliphatic carbocycles. The monoisotopic (exact) mass is 301 g/mol. The number of aliphatic carboxylic acids is 1. The van der Waals surface area contributed by atoms with Crippen LogP contribution in [0.5, 0.6) is 0 Å². The summed E-state index contributed by atoms with van der Waals surface area (Å²) >= 11 is 5.61. The first-order chi connectivity index (χ1) is 9.50. The third-order valence-electron chi connectivity index (χ3n) is 2.78. The number of amides is 1. The second-order valence-electron chi connectivity index (χ2n) is 4.44. The summed E-state index contributed by atoms with van der Waals surface area (Å²) in [5, 5.41) is 11.3. The van der Waals surface area contributed by atoms with E-state index >= 15 is 0 Å². The van der Waals surface area contributed by atoms with Gasteiger partial charge in [0.15, 0.2) is 0 Å². The molecule has 0 aliphatic heterocycles. The predicted octanol–water partition coefficient (Wildman–Crippen LogP) is 3.24. The van der Waals surface area contributed by atoms with Gasteiger partial charge in [-0.3, -0.25) is 9.59 Å². The van der Waals surface area contributed by atoms with E-state index in [9.17, 15) is 14.0 Å². The summed E-state index contributed by atoms with van der Waals surface area (Å²) < 4.78 is 13.5. The van der Waals surface area contributed by atoms with E-state index in [2.05, 4.69) is 5.32 Å². The van der Waals surface area contributed by atoms with Crippen LogP contribution in [0.3, 0.4) is 0 Å². The molecule has 2 N–H and O–H groups in total. The number of carboxylic acid groups (broad SMARTS) is 1. The number of benzene rings is 1. The van der Waals surface area contributed by atoms with Gasteiger partial charge in [-0.2, -0.15) is 0 Å². The standard InChI is InChI=1S/C14H17ClFNO3/c15-10-6-7-11(12(16)9-10)14(20)17-8-4-2-1-3-5-13(18)19/h6-7,9H,1-5,8H2,(H,17,20)(H,18,19). The minimum atomic E-state index is -0.795. The first-order valence-electron chi connectivity index (χ1n) is 6.45. The molecule has 0 radical (unpaired) electrons. The number of unbranched alkanes of at least 4 members (excludes halogenated alkanes) is 3. The summed E-state index contributed by atoms with van der Waals surface area (Å²) in [6.07, 6.45) is 3.17. The number of rotatable bonds is 8. The third-order valence-corrected chi connectivity index (χ3v) is 3.01. The van der Waals surface area contributed by atoms with Gasteiger partial charge in [0, 0.05) is 18.0 Å². The molecule has 1 rings (SSSR count). The van der Waals surface area contributed by atoms with Crippen molar-refractivity contribution < 1.29 is 19.1 Å². The van der Waals surface area contributed by atoms with Crippen LogP contribution < -0.4 is 5.32 Å². The Morgan fingerprint density at radius 2 is 1.90 bits per heavy atom. The van der Waals surface area contributed by atoms with E-state index < -0.39 is 17.7 Å². The summed E-state index contributed by atoms with van der Waals surface area (Å²) in [6.45, 7) is 0.438. The SMILES string of the molecule is O=C(O)CCCCCCNC(=O)c1ccc(Cl)cc1F. The minimum absolute atomic E-state index is 0.0275. The number of hydrogen-bond acceptors (Lipinski definition) is 2. The van der Waals surface area contributed by atoms with Crippen molar-refractivity contribution in [3.8, 4) is 0 Å². The maximum Gasteiger partial charge on any atom is 0.303 e. The van der Waals surface area contributed by atoms with Crippen molar-refractivity contribution in [2.24, 2.45) is 0 Å². The number of carbonyl (C=O) groups excluding carboxylic acids is 1. The van der Waals surface area contributed by atoms with Crippen LogP contribution in [-0.4, -0.2) is 23.5 Å². The molecule has 0 aromatic heterocycles. The Morgan fingerprint density at radius 1 is 1.20 bits per heavy atom. The molecule has 0 saturated carbocycles. The Balaban J connectivity index is 2.22. The van der Waals surface area contributed by atoms with Crippen molar-refractivity contribution in [1.82, 2.24) is 5.32 Å². The molecule has 6 heteroatoms. The first kappa shape index (κ1) is 16.4. The highest BCUT2D eigenvalue weighted by Gasteiger charge is 2.11. The third kappa shape index (κ3) is 6.02. The molecular weight excluding hydrogens is 285 g/mol. The first-order valence-corrected chi connectivity index (χ1v) is 6.83. The topological polar surface area (TPSA) is 66.4 Å². The maximum atomic E-state index is 13.5. The number of hydrogen-bond donors (Lipinski definition) is 2. The van der Waals surface area contributed by atoms with E-state index in [1.54, 1.807) is 0 Å². The van der Waals surface area contributed by atoms with Crippen molar-refractivity contribution in [2.45, 2.75) is 32.1 Å². The quantitative estimate of drug-likeness (QED) is 0.724. The lowest BCUT2D eigenvalue weighted by atomic mass is 10.1.